The molecule has 0 radical (unpaired) electrons. The van der Waals surface area contributed by atoms with E-state index in [1.54, 1.807) is 6.07 Å². The summed E-state index contributed by atoms with van der Waals surface area (Å²) in [6.07, 6.45) is 11.1. The van der Waals surface area contributed by atoms with E-state index in [2.05, 4.69) is 22.6 Å². The molecule has 0 bridgehead atoms. The molecular formula is C28H38N4O5. The van der Waals surface area contributed by atoms with Crippen LogP contribution in [0.3, 0.4) is 0 Å². The van der Waals surface area contributed by atoms with Gasteiger partial charge in [0.15, 0.2) is 5.52 Å². The lowest BCUT2D eigenvalue weighted by atomic mass is 9.84. The number of fused-ring (bicyclic) bond motifs is 2. The number of hydrogen-bond acceptors (Lipinski definition) is 8. The predicted molar refractivity (Wildman–Crippen MR) is 144 cm³/mol. The van der Waals surface area contributed by atoms with Gasteiger partial charge in [-0.3, -0.25) is 10.1 Å². The zero-order chi connectivity index (χ0) is 26.6. The molecule has 0 spiro atoms. The van der Waals surface area contributed by atoms with Crippen LogP contribution in [0.5, 0.6) is 11.5 Å². The standard InChI is InChI=1S/C28H38N4O5/c1-18-19(2)27-21(20(3)26(18)33)14-16-28(4,36-27)15-10-8-6-5-7-9-11-17-29-22-12-13-23(32(34)35)25-24(22)30-37-31-25/h12-13,29,33H,5-11,14-17H2,1-4H3/t28-/m1/s1. The number of unbranched alkanes of at least 4 members (excludes halogenated alkanes) is 6. The number of nitro benzene ring substituents is 1. The Morgan fingerprint density at radius 2 is 1.68 bits per heavy atom. The Labute approximate surface area is 217 Å². The van der Waals surface area contributed by atoms with Crippen molar-refractivity contribution in [2.24, 2.45) is 0 Å². The largest absolute Gasteiger partial charge is 0.507 e. The number of hydrogen-bond donors (Lipinski definition) is 2. The van der Waals surface area contributed by atoms with Crippen LogP contribution in [0.2, 0.25) is 0 Å². The zero-order valence-electron chi connectivity index (χ0n) is 22.4. The SMILES string of the molecule is Cc1c(C)c2c(c(C)c1O)CC[C@@](C)(CCCCCCCCCNc1ccc([N+](=O)[O-])c3nonc13)O2. The van der Waals surface area contributed by atoms with Crippen LogP contribution in [-0.2, 0) is 6.42 Å². The van der Waals surface area contributed by atoms with Crippen molar-refractivity contribution in [3.05, 3.63) is 44.5 Å². The van der Waals surface area contributed by atoms with Gasteiger partial charge < -0.3 is 15.2 Å². The number of rotatable bonds is 12. The number of phenolic OH excluding ortho intramolecular Hbond substituents is 1. The Balaban J connectivity index is 1.12. The number of phenols is 1. The van der Waals surface area contributed by atoms with Gasteiger partial charge in [-0.15, -0.1) is 0 Å². The smallest absolute Gasteiger partial charge is 0.300 e. The minimum Gasteiger partial charge on any atom is -0.507 e. The van der Waals surface area contributed by atoms with Gasteiger partial charge >= 0.3 is 5.69 Å². The second kappa shape index (κ2) is 11.4. The number of aromatic nitrogens is 2. The van der Waals surface area contributed by atoms with Crippen molar-refractivity contribution < 1.29 is 19.4 Å². The van der Waals surface area contributed by atoms with Gasteiger partial charge in [0.25, 0.3) is 0 Å². The first kappa shape index (κ1) is 26.7. The van der Waals surface area contributed by atoms with Crippen molar-refractivity contribution in [3.63, 3.8) is 0 Å². The average molecular weight is 511 g/mol. The third-order valence-electron chi connectivity index (χ3n) is 7.88. The van der Waals surface area contributed by atoms with Crippen LogP contribution in [-0.4, -0.2) is 32.5 Å². The second-order valence-electron chi connectivity index (χ2n) is 10.6. The summed E-state index contributed by atoms with van der Waals surface area (Å²) in [7, 11) is 0. The fourth-order valence-electron chi connectivity index (χ4n) is 5.35. The van der Waals surface area contributed by atoms with Gasteiger partial charge in [0.2, 0.25) is 5.52 Å². The molecule has 0 saturated carbocycles. The molecule has 37 heavy (non-hydrogen) atoms. The third kappa shape index (κ3) is 5.81. The number of anilines is 1. The second-order valence-corrected chi connectivity index (χ2v) is 10.6. The molecule has 1 atom stereocenters. The lowest BCUT2D eigenvalue weighted by Crippen LogP contribution is -2.37. The Bertz CT molecular complexity index is 1270. The summed E-state index contributed by atoms with van der Waals surface area (Å²) in [6, 6.07) is 3.09. The molecule has 1 aliphatic rings. The lowest BCUT2D eigenvalue weighted by Gasteiger charge is -2.38. The number of non-ortho nitro benzene ring substituents is 1. The predicted octanol–water partition coefficient (Wildman–Crippen LogP) is 7.08. The monoisotopic (exact) mass is 510 g/mol. The molecule has 0 fully saturated rings. The molecule has 9 nitrogen and oxygen atoms in total. The van der Waals surface area contributed by atoms with Gasteiger partial charge in [-0.25, -0.2) is 4.63 Å². The van der Waals surface area contributed by atoms with E-state index in [4.69, 9.17) is 9.37 Å². The molecule has 2 aromatic carbocycles. The summed E-state index contributed by atoms with van der Waals surface area (Å²) in [5.74, 6) is 1.40. The zero-order valence-corrected chi connectivity index (χ0v) is 22.4. The maximum absolute atomic E-state index is 11.1. The molecule has 0 amide bonds. The number of nitro groups is 1. The summed E-state index contributed by atoms with van der Waals surface area (Å²) in [4.78, 5) is 10.6. The van der Waals surface area contributed by atoms with Gasteiger partial charge in [-0.05, 0) is 92.9 Å². The fourth-order valence-corrected chi connectivity index (χ4v) is 5.35. The van der Waals surface area contributed by atoms with Crippen LogP contribution in [0.15, 0.2) is 16.8 Å². The molecule has 200 valence electrons. The molecular weight excluding hydrogens is 472 g/mol. The molecule has 1 aliphatic heterocycles. The summed E-state index contributed by atoms with van der Waals surface area (Å²) >= 11 is 0. The Hall–Kier alpha value is -3.36. The Kier molecular flexibility index (Phi) is 8.19. The Morgan fingerprint density at radius 1 is 1.00 bits per heavy atom. The van der Waals surface area contributed by atoms with Crippen molar-refractivity contribution in [3.8, 4) is 11.5 Å². The number of ether oxygens (including phenoxy) is 1. The highest BCUT2D eigenvalue weighted by Gasteiger charge is 2.34. The van der Waals surface area contributed by atoms with Crippen LogP contribution in [0.4, 0.5) is 11.4 Å². The highest BCUT2D eigenvalue weighted by atomic mass is 16.6. The quantitative estimate of drug-likeness (QED) is 0.150. The first-order valence-electron chi connectivity index (χ1n) is 13.4. The van der Waals surface area contributed by atoms with Gasteiger partial charge in [0, 0.05) is 18.2 Å². The van der Waals surface area contributed by atoms with E-state index in [9.17, 15) is 15.2 Å². The molecule has 2 heterocycles. The maximum atomic E-state index is 11.1. The normalized spacial score (nSPS) is 17.0. The van der Waals surface area contributed by atoms with Crippen LogP contribution in [0.25, 0.3) is 11.0 Å². The fraction of sp³-hybridized carbons (Fsp3) is 0.571. The Morgan fingerprint density at radius 3 is 2.41 bits per heavy atom. The van der Waals surface area contributed by atoms with Crippen molar-refractivity contribution >= 4 is 22.4 Å². The molecule has 3 aromatic rings. The summed E-state index contributed by atoms with van der Waals surface area (Å²) in [5.41, 5.74) is 5.16. The first-order valence-corrected chi connectivity index (χ1v) is 13.4. The highest BCUT2D eigenvalue weighted by molar-refractivity contribution is 5.93. The van der Waals surface area contributed by atoms with Crippen LogP contribution in [0.1, 0.15) is 87.0 Å². The maximum Gasteiger partial charge on any atom is 0.300 e. The van der Waals surface area contributed by atoms with Gasteiger partial charge in [-0.2, -0.15) is 0 Å². The highest BCUT2D eigenvalue weighted by Crippen LogP contribution is 2.44. The third-order valence-corrected chi connectivity index (χ3v) is 7.88. The van der Waals surface area contributed by atoms with Crippen molar-refractivity contribution in [2.45, 2.75) is 97.5 Å². The molecule has 0 saturated heterocycles. The average Bonchev–Trinajstić information content (AvgIpc) is 3.37. The van der Waals surface area contributed by atoms with E-state index in [0.29, 0.717) is 17.0 Å². The lowest BCUT2D eigenvalue weighted by molar-refractivity contribution is -0.383. The number of nitrogens with zero attached hydrogens (tertiary/aromatic N) is 3. The van der Waals surface area contributed by atoms with Crippen molar-refractivity contribution in [1.82, 2.24) is 10.3 Å². The van der Waals surface area contributed by atoms with Crippen molar-refractivity contribution in [2.75, 3.05) is 11.9 Å². The van der Waals surface area contributed by atoms with E-state index in [0.717, 1.165) is 67.5 Å². The molecule has 1 aromatic heterocycles. The minimum absolute atomic E-state index is 0.101. The van der Waals surface area contributed by atoms with Crippen LogP contribution < -0.4 is 10.1 Å². The molecule has 9 heteroatoms. The van der Waals surface area contributed by atoms with E-state index in [1.165, 1.54) is 37.3 Å². The van der Waals surface area contributed by atoms with E-state index in [1.807, 2.05) is 20.8 Å². The van der Waals surface area contributed by atoms with E-state index >= 15 is 0 Å². The summed E-state index contributed by atoms with van der Waals surface area (Å²) < 4.78 is 11.3. The topological polar surface area (TPSA) is 124 Å². The minimum atomic E-state index is -0.479. The molecule has 0 unspecified atom stereocenters. The van der Waals surface area contributed by atoms with Crippen molar-refractivity contribution in [1.29, 1.82) is 0 Å². The molecule has 0 aliphatic carbocycles. The summed E-state index contributed by atoms with van der Waals surface area (Å²) in [5, 5.41) is 32.3. The number of benzene rings is 2. The number of aromatic hydroxyl groups is 1. The molecule has 4 rings (SSSR count). The van der Waals surface area contributed by atoms with Crippen LogP contribution >= 0.6 is 0 Å². The summed E-state index contributed by atoms with van der Waals surface area (Å²) in [6.45, 7) is 9.00. The van der Waals surface area contributed by atoms with Gasteiger partial charge in [0.05, 0.1) is 10.6 Å². The van der Waals surface area contributed by atoms with Gasteiger partial charge in [0.1, 0.15) is 17.1 Å². The van der Waals surface area contributed by atoms with E-state index < -0.39 is 4.92 Å². The number of nitrogens with one attached hydrogen (secondary N) is 1. The van der Waals surface area contributed by atoms with E-state index in [-0.39, 0.29) is 16.8 Å². The molecule has 2 N–H and O–H groups in total. The van der Waals surface area contributed by atoms with Crippen LogP contribution in [0, 0.1) is 30.9 Å². The first-order chi connectivity index (χ1) is 17.7. The van der Waals surface area contributed by atoms with Gasteiger partial charge in [-0.1, -0.05) is 32.1 Å².